The van der Waals surface area contributed by atoms with Crippen LogP contribution in [0.25, 0.3) is 11.5 Å². The molecule has 1 aromatic carbocycles. The number of sulfonamides is 1. The summed E-state index contributed by atoms with van der Waals surface area (Å²) in [6.45, 7) is 0.871. The van der Waals surface area contributed by atoms with Gasteiger partial charge in [-0.1, -0.05) is 41.9 Å². The molecule has 1 fully saturated rings. The fraction of sp³-hybridized carbons (Fsp3) is 0.350. The normalized spacial score (nSPS) is 19.6. The molecule has 0 radical (unpaired) electrons. The maximum Gasteiger partial charge on any atom is 0.248 e. The van der Waals surface area contributed by atoms with Gasteiger partial charge < -0.3 is 9.73 Å². The molecule has 0 saturated carbocycles. The molecule has 3 aromatic rings. The van der Waals surface area contributed by atoms with Gasteiger partial charge in [0.15, 0.2) is 0 Å². The lowest BCUT2D eigenvalue weighted by atomic mass is 9.85. The van der Waals surface area contributed by atoms with Gasteiger partial charge in [0, 0.05) is 18.5 Å². The summed E-state index contributed by atoms with van der Waals surface area (Å²) in [6, 6.07) is 13.3. The first kappa shape index (κ1) is 20.8. The highest BCUT2D eigenvalue weighted by Crippen LogP contribution is 2.37. The third kappa shape index (κ3) is 4.33. The van der Waals surface area contributed by atoms with Crippen LogP contribution in [0.5, 0.6) is 0 Å². The standard InChI is InChI=1S/C20H22ClN5O3S/c1-26(30(2,27)28)17-12-14(11-16(21)23-17)19-24-25-20(29-19)18-15(9-6-10-22-18)13-7-4-3-5-8-13/h3-5,7-8,11-12,15,18,22H,6,9-10H2,1-2H3. The zero-order valence-corrected chi connectivity index (χ0v) is 18.2. The Bertz CT molecular complexity index is 1140. The monoisotopic (exact) mass is 447 g/mol. The van der Waals surface area contributed by atoms with Crippen molar-refractivity contribution in [1.82, 2.24) is 20.5 Å². The Labute approximate surface area is 180 Å². The van der Waals surface area contributed by atoms with Crippen molar-refractivity contribution in [3.63, 3.8) is 0 Å². The van der Waals surface area contributed by atoms with Crippen LogP contribution in [-0.4, -0.2) is 43.4 Å². The van der Waals surface area contributed by atoms with E-state index in [0.29, 0.717) is 11.5 Å². The van der Waals surface area contributed by atoms with Crippen LogP contribution < -0.4 is 9.62 Å². The summed E-state index contributed by atoms with van der Waals surface area (Å²) in [4.78, 5) is 4.08. The fourth-order valence-corrected chi connectivity index (χ4v) is 4.26. The Balaban J connectivity index is 1.66. The lowest BCUT2D eigenvalue weighted by molar-refractivity contribution is 0.303. The molecule has 1 aliphatic heterocycles. The number of rotatable bonds is 5. The van der Waals surface area contributed by atoms with E-state index in [1.807, 2.05) is 18.2 Å². The van der Waals surface area contributed by atoms with Gasteiger partial charge in [-0.05, 0) is 37.1 Å². The second-order valence-electron chi connectivity index (χ2n) is 7.30. The molecule has 0 aliphatic carbocycles. The van der Waals surface area contributed by atoms with Crippen molar-refractivity contribution in [2.75, 3.05) is 24.2 Å². The molecule has 3 heterocycles. The molecule has 2 unspecified atom stereocenters. The predicted molar refractivity (Wildman–Crippen MR) is 115 cm³/mol. The topological polar surface area (TPSA) is 101 Å². The van der Waals surface area contributed by atoms with Gasteiger partial charge in [-0.3, -0.25) is 4.31 Å². The smallest absolute Gasteiger partial charge is 0.248 e. The first-order valence-corrected chi connectivity index (χ1v) is 11.8. The Morgan fingerprint density at radius 2 is 1.97 bits per heavy atom. The number of nitrogens with zero attached hydrogens (tertiary/aromatic N) is 4. The van der Waals surface area contributed by atoms with Crippen LogP contribution in [0.2, 0.25) is 5.15 Å². The molecule has 1 aliphatic rings. The van der Waals surface area contributed by atoms with Crippen molar-refractivity contribution >= 4 is 27.4 Å². The lowest BCUT2D eigenvalue weighted by Crippen LogP contribution is -2.33. The summed E-state index contributed by atoms with van der Waals surface area (Å²) in [7, 11) is -2.08. The predicted octanol–water partition coefficient (Wildman–Crippen LogP) is 3.39. The van der Waals surface area contributed by atoms with E-state index in [9.17, 15) is 8.42 Å². The number of aromatic nitrogens is 3. The van der Waals surface area contributed by atoms with Gasteiger partial charge in [0.2, 0.25) is 21.8 Å². The van der Waals surface area contributed by atoms with Crippen LogP contribution in [0.15, 0.2) is 46.9 Å². The van der Waals surface area contributed by atoms with E-state index in [0.717, 1.165) is 29.9 Å². The molecule has 10 heteroatoms. The number of benzene rings is 1. The van der Waals surface area contributed by atoms with E-state index in [1.165, 1.54) is 12.6 Å². The van der Waals surface area contributed by atoms with E-state index in [4.69, 9.17) is 16.0 Å². The Hall–Kier alpha value is -2.49. The molecule has 1 saturated heterocycles. The maximum atomic E-state index is 11.9. The Morgan fingerprint density at radius 1 is 1.20 bits per heavy atom. The minimum atomic E-state index is -3.49. The van der Waals surface area contributed by atoms with Gasteiger partial charge in [0.25, 0.3) is 0 Å². The van der Waals surface area contributed by atoms with Crippen molar-refractivity contribution in [2.24, 2.45) is 0 Å². The van der Waals surface area contributed by atoms with Gasteiger partial charge in [0.1, 0.15) is 11.0 Å². The van der Waals surface area contributed by atoms with Crippen LogP contribution in [-0.2, 0) is 10.0 Å². The molecule has 2 atom stereocenters. The van der Waals surface area contributed by atoms with E-state index in [-0.39, 0.29) is 28.8 Å². The number of piperidine rings is 1. The third-order valence-electron chi connectivity index (χ3n) is 5.24. The minimum absolute atomic E-state index is 0.0992. The van der Waals surface area contributed by atoms with Gasteiger partial charge in [0.05, 0.1) is 12.3 Å². The molecule has 0 spiro atoms. The third-order valence-corrected chi connectivity index (χ3v) is 6.62. The van der Waals surface area contributed by atoms with E-state index >= 15 is 0 Å². The van der Waals surface area contributed by atoms with Gasteiger partial charge in [-0.25, -0.2) is 13.4 Å². The van der Waals surface area contributed by atoms with Crippen LogP contribution in [0.3, 0.4) is 0 Å². The number of anilines is 1. The molecule has 4 rings (SSSR count). The number of nitrogens with one attached hydrogen (secondary N) is 1. The number of hydrogen-bond donors (Lipinski definition) is 1. The molecule has 1 N–H and O–H groups in total. The molecule has 0 bridgehead atoms. The summed E-state index contributed by atoms with van der Waals surface area (Å²) in [6.07, 6.45) is 3.18. The molecule has 158 valence electrons. The largest absolute Gasteiger partial charge is 0.419 e. The van der Waals surface area contributed by atoms with Crippen LogP contribution >= 0.6 is 11.6 Å². The van der Waals surface area contributed by atoms with Crippen molar-refractivity contribution in [1.29, 1.82) is 0 Å². The Kier molecular flexibility index (Phi) is 5.77. The highest BCUT2D eigenvalue weighted by molar-refractivity contribution is 7.92. The summed E-state index contributed by atoms with van der Waals surface area (Å²) in [5, 5.41) is 12.1. The molecule has 2 aromatic heterocycles. The zero-order valence-electron chi connectivity index (χ0n) is 16.6. The van der Waals surface area contributed by atoms with E-state index in [2.05, 4.69) is 32.6 Å². The molecular weight excluding hydrogens is 426 g/mol. The van der Waals surface area contributed by atoms with Crippen molar-refractivity contribution in [3.8, 4) is 11.5 Å². The van der Waals surface area contributed by atoms with E-state index < -0.39 is 10.0 Å². The van der Waals surface area contributed by atoms with Crippen molar-refractivity contribution in [3.05, 3.63) is 59.1 Å². The van der Waals surface area contributed by atoms with Gasteiger partial charge in [-0.2, -0.15) is 0 Å². The van der Waals surface area contributed by atoms with Crippen LogP contribution in [0, 0.1) is 0 Å². The average molecular weight is 448 g/mol. The highest BCUT2D eigenvalue weighted by Gasteiger charge is 2.32. The van der Waals surface area contributed by atoms with Gasteiger partial charge >= 0.3 is 0 Å². The highest BCUT2D eigenvalue weighted by atomic mass is 35.5. The fourth-order valence-electron chi connectivity index (χ4n) is 3.62. The second-order valence-corrected chi connectivity index (χ2v) is 9.70. The summed E-state index contributed by atoms with van der Waals surface area (Å²) in [5.41, 5.74) is 1.73. The van der Waals surface area contributed by atoms with Gasteiger partial charge in [-0.15, -0.1) is 10.2 Å². The maximum absolute atomic E-state index is 11.9. The first-order chi connectivity index (χ1) is 14.3. The average Bonchev–Trinajstić information content (AvgIpc) is 3.23. The summed E-state index contributed by atoms with van der Waals surface area (Å²) in [5.74, 6) is 1.15. The number of hydrogen-bond acceptors (Lipinski definition) is 7. The summed E-state index contributed by atoms with van der Waals surface area (Å²) >= 11 is 6.12. The van der Waals surface area contributed by atoms with E-state index in [1.54, 1.807) is 12.1 Å². The quantitative estimate of drug-likeness (QED) is 0.598. The minimum Gasteiger partial charge on any atom is -0.419 e. The Morgan fingerprint density at radius 3 is 2.70 bits per heavy atom. The van der Waals surface area contributed by atoms with Crippen molar-refractivity contribution < 1.29 is 12.8 Å². The number of pyridine rings is 1. The SMILES string of the molecule is CN(c1cc(-c2nnc(C3NCCCC3c3ccccc3)o2)cc(Cl)n1)S(C)(=O)=O. The van der Waals surface area contributed by atoms with Crippen LogP contribution in [0.1, 0.15) is 36.3 Å². The zero-order chi connectivity index (χ0) is 21.3. The summed E-state index contributed by atoms with van der Waals surface area (Å²) < 4.78 is 30.8. The lowest BCUT2D eigenvalue weighted by Gasteiger charge is -2.30. The van der Waals surface area contributed by atoms with Crippen LogP contribution in [0.4, 0.5) is 5.82 Å². The molecule has 8 nitrogen and oxygen atoms in total. The second kappa shape index (κ2) is 8.33. The van der Waals surface area contributed by atoms with Crippen molar-refractivity contribution in [2.45, 2.75) is 24.8 Å². The first-order valence-electron chi connectivity index (χ1n) is 9.56. The molecular formula is C20H22ClN5O3S. The molecule has 0 amide bonds. The number of halogens is 1. The molecule has 30 heavy (non-hydrogen) atoms.